The van der Waals surface area contributed by atoms with Crippen LogP contribution in [-0.2, 0) is 14.9 Å². The fourth-order valence-electron chi connectivity index (χ4n) is 3.14. The van der Waals surface area contributed by atoms with Crippen molar-refractivity contribution < 1.29 is 22.2 Å². The molecule has 0 aliphatic heterocycles. The molecular weight excluding hydrogens is 340 g/mol. The first-order chi connectivity index (χ1) is 11.2. The number of amides is 1. The number of rotatable bonds is 12. The minimum Gasteiger partial charge on any atom is -0.355 e. The lowest BCUT2D eigenvalue weighted by Gasteiger charge is -2.34. The van der Waals surface area contributed by atoms with Crippen molar-refractivity contribution in [2.24, 2.45) is 17.3 Å². The van der Waals surface area contributed by atoms with Crippen molar-refractivity contribution in [2.45, 2.75) is 53.9 Å². The molecule has 0 spiro atoms. The first-order valence-electron chi connectivity index (χ1n) is 9.25. The summed E-state index contributed by atoms with van der Waals surface area (Å²) in [4.78, 5) is 12.6. The summed E-state index contributed by atoms with van der Waals surface area (Å²) in [5.74, 6) is 0.667. The smallest absolute Gasteiger partial charge is 0.265 e. The molecule has 0 aromatic heterocycles. The van der Waals surface area contributed by atoms with E-state index in [-0.39, 0.29) is 23.0 Å². The molecule has 7 heteroatoms. The van der Waals surface area contributed by atoms with Crippen LogP contribution in [0.4, 0.5) is 0 Å². The highest BCUT2D eigenvalue weighted by atomic mass is 32.2. The van der Waals surface area contributed by atoms with Gasteiger partial charge in [0.15, 0.2) is 0 Å². The third kappa shape index (κ3) is 10.2. The predicted octanol–water partition coefficient (Wildman–Crippen LogP) is 2.56. The van der Waals surface area contributed by atoms with Gasteiger partial charge in [0.25, 0.3) is 10.1 Å². The Morgan fingerprint density at radius 2 is 1.64 bits per heavy atom. The van der Waals surface area contributed by atoms with Crippen molar-refractivity contribution in [1.29, 1.82) is 0 Å². The van der Waals surface area contributed by atoms with Crippen molar-refractivity contribution in [3.8, 4) is 0 Å². The molecule has 0 saturated heterocycles. The number of hydrogen-bond donors (Lipinski definition) is 2. The standard InChI is InChI=1S/C18H38N2O4S/c1-15(2)14-18(5,16(3)4)17(21)19-10-8-11-20(6,7)12-9-13-25(22,23)24/h15-16H,8-14H2,1-7H3,(H-,19,21,22,23,24)/p+1. The first-order valence-corrected chi connectivity index (χ1v) is 10.9. The summed E-state index contributed by atoms with van der Waals surface area (Å²) in [5, 5.41) is 3.08. The molecule has 0 heterocycles. The topological polar surface area (TPSA) is 83.5 Å². The van der Waals surface area contributed by atoms with E-state index in [0.717, 1.165) is 19.4 Å². The summed E-state index contributed by atoms with van der Waals surface area (Å²) >= 11 is 0. The van der Waals surface area contributed by atoms with Gasteiger partial charge in [-0.1, -0.05) is 34.6 Å². The monoisotopic (exact) mass is 379 g/mol. The van der Waals surface area contributed by atoms with Gasteiger partial charge in [0.1, 0.15) is 0 Å². The molecule has 1 amide bonds. The van der Waals surface area contributed by atoms with Crippen LogP contribution >= 0.6 is 0 Å². The summed E-state index contributed by atoms with van der Waals surface area (Å²) < 4.78 is 31.0. The maximum atomic E-state index is 12.6. The van der Waals surface area contributed by atoms with Crippen LogP contribution in [0, 0.1) is 17.3 Å². The number of carbonyl (C=O) groups excluding carboxylic acids is 1. The van der Waals surface area contributed by atoms with Crippen LogP contribution in [-0.4, -0.2) is 62.8 Å². The number of carbonyl (C=O) groups is 1. The molecule has 150 valence electrons. The Bertz CT molecular complexity index is 515. The van der Waals surface area contributed by atoms with E-state index in [4.69, 9.17) is 4.55 Å². The van der Waals surface area contributed by atoms with Gasteiger partial charge in [-0.3, -0.25) is 9.35 Å². The number of quaternary nitrogens is 1. The van der Waals surface area contributed by atoms with Crippen molar-refractivity contribution in [3.05, 3.63) is 0 Å². The van der Waals surface area contributed by atoms with Gasteiger partial charge < -0.3 is 9.80 Å². The molecule has 2 N–H and O–H groups in total. The summed E-state index contributed by atoms with van der Waals surface area (Å²) in [6.45, 7) is 12.6. The average molecular weight is 380 g/mol. The zero-order chi connectivity index (χ0) is 19.9. The minimum absolute atomic E-state index is 0.118. The van der Waals surface area contributed by atoms with E-state index in [1.54, 1.807) is 0 Å². The maximum absolute atomic E-state index is 12.6. The van der Waals surface area contributed by atoms with Gasteiger partial charge in [-0.25, -0.2) is 0 Å². The molecule has 0 aromatic rings. The second-order valence-electron chi connectivity index (χ2n) is 8.80. The lowest BCUT2D eigenvalue weighted by Crippen LogP contribution is -2.46. The van der Waals surface area contributed by atoms with E-state index in [0.29, 0.717) is 29.9 Å². The van der Waals surface area contributed by atoms with Crippen molar-refractivity contribution >= 4 is 16.0 Å². The van der Waals surface area contributed by atoms with Gasteiger partial charge in [0.2, 0.25) is 5.91 Å². The van der Waals surface area contributed by atoms with E-state index in [9.17, 15) is 13.2 Å². The highest BCUT2D eigenvalue weighted by Gasteiger charge is 2.36. The van der Waals surface area contributed by atoms with Crippen LogP contribution in [0.15, 0.2) is 0 Å². The van der Waals surface area contributed by atoms with E-state index in [1.165, 1.54) is 0 Å². The molecule has 0 fully saturated rings. The first kappa shape index (κ1) is 24.3. The summed E-state index contributed by atoms with van der Waals surface area (Å²) in [6.07, 6.45) is 2.13. The van der Waals surface area contributed by atoms with Crippen LogP contribution in [0.5, 0.6) is 0 Å². The molecule has 0 radical (unpaired) electrons. The van der Waals surface area contributed by atoms with E-state index in [1.807, 2.05) is 21.0 Å². The molecule has 0 aromatic carbocycles. The zero-order valence-corrected chi connectivity index (χ0v) is 17.9. The third-order valence-corrected chi connectivity index (χ3v) is 5.82. The normalized spacial score (nSPS) is 15.4. The summed E-state index contributed by atoms with van der Waals surface area (Å²) in [6, 6.07) is 0. The van der Waals surface area contributed by atoms with Crippen LogP contribution in [0.1, 0.15) is 53.9 Å². The number of nitrogens with zero attached hydrogens (tertiary/aromatic N) is 1. The zero-order valence-electron chi connectivity index (χ0n) is 17.1. The molecule has 0 aliphatic rings. The minimum atomic E-state index is -3.88. The van der Waals surface area contributed by atoms with Gasteiger partial charge in [0.05, 0.1) is 32.9 Å². The fraction of sp³-hybridized carbons (Fsp3) is 0.944. The van der Waals surface area contributed by atoms with Gasteiger partial charge >= 0.3 is 0 Å². The van der Waals surface area contributed by atoms with Gasteiger partial charge in [-0.15, -0.1) is 0 Å². The number of hydrogen-bond acceptors (Lipinski definition) is 3. The Kier molecular flexibility index (Phi) is 9.62. The third-order valence-electron chi connectivity index (χ3n) is 5.02. The molecule has 6 nitrogen and oxygen atoms in total. The maximum Gasteiger partial charge on any atom is 0.265 e. The summed E-state index contributed by atoms with van der Waals surface area (Å²) in [5.41, 5.74) is -0.353. The van der Waals surface area contributed by atoms with Gasteiger partial charge in [-0.05, 0) is 18.3 Å². The predicted molar refractivity (Wildman–Crippen MR) is 103 cm³/mol. The lowest BCUT2D eigenvalue weighted by molar-refractivity contribution is -0.890. The molecule has 0 saturated carbocycles. The quantitative estimate of drug-likeness (QED) is 0.310. The Hall–Kier alpha value is -0.660. The van der Waals surface area contributed by atoms with Crippen molar-refractivity contribution in [1.82, 2.24) is 5.32 Å². The fourth-order valence-corrected chi connectivity index (χ4v) is 3.63. The number of nitrogens with one attached hydrogen (secondary N) is 1. The molecular formula is C18H39N2O4S+. The molecule has 1 atom stereocenters. The van der Waals surface area contributed by atoms with Crippen LogP contribution in [0.3, 0.4) is 0 Å². The second-order valence-corrected chi connectivity index (χ2v) is 10.4. The highest BCUT2D eigenvalue weighted by Crippen LogP contribution is 2.34. The van der Waals surface area contributed by atoms with Crippen LogP contribution in [0.2, 0.25) is 0 Å². The second kappa shape index (κ2) is 9.88. The van der Waals surface area contributed by atoms with E-state index < -0.39 is 10.1 Å². The summed E-state index contributed by atoms with van der Waals surface area (Å²) in [7, 11) is 0.177. The Morgan fingerprint density at radius 3 is 2.08 bits per heavy atom. The van der Waals surface area contributed by atoms with Crippen molar-refractivity contribution in [2.75, 3.05) is 39.5 Å². The lowest BCUT2D eigenvalue weighted by atomic mass is 9.72. The van der Waals surface area contributed by atoms with Crippen LogP contribution < -0.4 is 5.32 Å². The van der Waals surface area contributed by atoms with E-state index >= 15 is 0 Å². The largest absolute Gasteiger partial charge is 0.355 e. The Morgan fingerprint density at radius 1 is 1.12 bits per heavy atom. The highest BCUT2D eigenvalue weighted by molar-refractivity contribution is 7.85. The SMILES string of the molecule is CC(C)CC(C)(C(=O)NCCC[N+](C)(C)CCCS(=O)(=O)O)C(C)C. The molecule has 0 bridgehead atoms. The van der Waals surface area contributed by atoms with Crippen LogP contribution in [0.25, 0.3) is 0 Å². The molecule has 25 heavy (non-hydrogen) atoms. The average Bonchev–Trinajstić information content (AvgIpc) is 2.40. The molecule has 0 rings (SSSR count). The van der Waals surface area contributed by atoms with Gasteiger partial charge in [0, 0.05) is 24.8 Å². The Labute approximate surface area is 154 Å². The molecule has 1 unspecified atom stereocenters. The van der Waals surface area contributed by atoms with Crippen molar-refractivity contribution in [3.63, 3.8) is 0 Å². The van der Waals surface area contributed by atoms with Gasteiger partial charge in [-0.2, -0.15) is 8.42 Å². The molecule has 0 aliphatic carbocycles. The Balaban J connectivity index is 4.34. The van der Waals surface area contributed by atoms with E-state index in [2.05, 4.69) is 33.0 Å².